The molecule has 2 aromatic rings. The standard InChI is InChI=1S/C16H22N4O5S2/c1-13-10-14(4-5-15(13)25-2)26(21,22)19-6-3-7-20(9-8-19)27(23,24)16-11-17-12-18-16/h4-5,10-12H,3,6-9H2,1-2H3,(H,17,18). The van der Waals surface area contributed by atoms with Crippen LogP contribution < -0.4 is 4.74 Å². The normalized spacial score (nSPS) is 17.6. The van der Waals surface area contributed by atoms with E-state index in [9.17, 15) is 16.8 Å². The molecule has 0 amide bonds. The molecule has 9 nitrogen and oxygen atoms in total. The van der Waals surface area contributed by atoms with E-state index in [4.69, 9.17) is 4.74 Å². The van der Waals surface area contributed by atoms with Crippen molar-refractivity contribution in [1.29, 1.82) is 0 Å². The Morgan fingerprint density at radius 3 is 2.26 bits per heavy atom. The van der Waals surface area contributed by atoms with Gasteiger partial charge in [-0.25, -0.2) is 21.8 Å². The summed E-state index contributed by atoms with van der Waals surface area (Å²) in [4.78, 5) is 6.51. The number of nitrogens with one attached hydrogen (secondary N) is 1. The monoisotopic (exact) mass is 414 g/mol. The summed E-state index contributed by atoms with van der Waals surface area (Å²) in [7, 11) is -5.91. The molecule has 27 heavy (non-hydrogen) atoms. The molecule has 0 unspecified atom stereocenters. The third kappa shape index (κ3) is 3.86. The minimum Gasteiger partial charge on any atom is -0.496 e. The van der Waals surface area contributed by atoms with Crippen LogP contribution in [0.2, 0.25) is 0 Å². The van der Waals surface area contributed by atoms with Crippen molar-refractivity contribution in [1.82, 2.24) is 18.6 Å². The van der Waals surface area contributed by atoms with E-state index >= 15 is 0 Å². The first kappa shape index (κ1) is 19.8. The summed E-state index contributed by atoms with van der Waals surface area (Å²) in [5.41, 5.74) is 0.719. The van der Waals surface area contributed by atoms with Gasteiger partial charge >= 0.3 is 0 Å². The van der Waals surface area contributed by atoms with Crippen molar-refractivity contribution in [3.8, 4) is 5.75 Å². The highest BCUT2D eigenvalue weighted by atomic mass is 32.2. The van der Waals surface area contributed by atoms with Gasteiger partial charge in [-0.3, -0.25) is 0 Å². The van der Waals surface area contributed by atoms with E-state index < -0.39 is 20.0 Å². The Bertz CT molecular complexity index is 1000. The van der Waals surface area contributed by atoms with E-state index in [1.807, 2.05) is 0 Å². The minimum atomic E-state index is -3.72. The molecular formula is C16H22N4O5S2. The Morgan fingerprint density at radius 1 is 1.04 bits per heavy atom. The lowest BCUT2D eigenvalue weighted by Crippen LogP contribution is -2.37. The number of sulfonamides is 2. The van der Waals surface area contributed by atoms with Gasteiger partial charge in [0.2, 0.25) is 10.0 Å². The molecule has 1 aromatic carbocycles. The van der Waals surface area contributed by atoms with Gasteiger partial charge < -0.3 is 9.72 Å². The molecule has 1 aromatic heterocycles. The maximum Gasteiger partial charge on any atom is 0.260 e. The van der Waals surface area contributed by atoms with Crippen molar-refractivity contribution >= 4 is 20.0 Å². The van der Waals surface area contributed by atoms with Crippen LogP contribution in [0.4, 0.5) is 0 Å². The zero-order valence-electron chi connectivity index (χ0n) is 15.1. The van der Waals surface area contributed by atoms with E-state index in [-0.39, 0.29) is 36.1 Å². The number of ether oxygens (including phenoxy) is 1. The maximum absolute atomic E-state index is 13.0. The quantitative estimate of drug-likeness (QED) is 0.775. The number of nitrogens with zero attached hydrogens (tertiary/aromatic N) is 3. The molecule has 11 heteroatoms. The van der Waals surface area contributed by atoms with Crippen LogP contribution in [0.15, 0.2) is 40.6 Å². The van der Waals surface area contributed by atoms with Gasteiger partial charge in [-0.1, -0.05) is 0 Å². The Hall–Kier alpha value is -1.95. The van der Waals surface area contributed by atoms with Gasteiger partial charge in [0.15, 0.2) is 5.03 Å². The number of aromatic nitrogens is 2. The lowest BCUT2D eigenvalue weighted by Gasteiger charge is -2.21. The summed E-state index contributed by atoms with van der Waals surface area (Å²) in [6.07, 6.45) is 2.95. The number of imidazole rings is 1. The number of aromatic amines is 1. The molecule has 1 aliphatic rings. The van der Waals surface area contributed by atoms with E-state index in [0.717, 1.165) is 5.56 Å². The molecule has 148 valence electrons. The summed E-state index contributed by atoms with van der Waals surface area (Å²) in [5, 5.41) is 0.00425. The van der Waals surface area contributed by atoms with Crippen LogP contribution in [0.1, 0.15) is 12.0 Å². The van der Waals surface area contributed by atoms with E-state index in [0.29, 0.717) is 12.2 Å². The van der Waals surface area contributed by atoms with Gasteiger partial charge in [0.1, 0.15) is 5.75 Å². The zero-order valence-corrected chi connectivity index (χ0v) is 16.8. The smallest absolute Gasteiger partial charge is 0.260 e. The molecule has 1 N–H and O–H groups in total. The first-order valence-electron chi connectivity index (χ1n) is 8.40. The van der Waals surface area contributed by atoms with Crippen LogP contribution in [-0.4, -0.2) is 68.7 Å². The van der Waals surface area contributed by atoms with Crippen LogP contribution in [0, 0.1) is 6.92 Å². The largest absolute Gasteiger partial charge is 0.496 e. The van der Waals surface area contributed by atoms with Gasteiger partial charge in [-0.2, -0.15) is 8.61 Å². The summed E-state index contributed by atoms with van der Waals surface area (Å²) in [6, 6.07) is 4.69. The van der Waals surface area contributed by atoms with Crippen molar-refractivity contribution < 1.29 is 21.6 Å². The maximum atomic E-state index is 13.0. The predicted molar refractivity (Wildman–Crippen MR) is 98.5 cm³/mol. The predicted octanol–water partition coefficient (Wildman–Crippen LogP) is 0.812. The number of rotatable bonds is 5. The molecule has 0 spiro atoms. The van der Waals surface area contributed by atoms with Crippen molar-refractivity contribution in [2.24, 2.45) is 0 Å². The molecule has 1 saturated heterocycles. The van der Waals surface area contributed by atoms with Crippen LogP contribution in [-0.2, 0) is 20.0 Å². The number of aryl methyl sites for hydroxylation is 1. The highest BCUT2D eigenvalue weighted by Gasteiger charge is 2.32. The number of hydrogen-bond donors (Lipinski definition) is 1. The lowest BCUT2D eigenvalue weighted by atomic mass is 10.2. The van der Waals surface area contributed by atoms with Crippen LogP contribution in [0.3, 0.4) is 0 Å². The van der Waals surface area contributed by atoms with E-state index in [1.165, 1.54) is 34.3 Å². The fourth-order valence-electron chi connectivity index (χ4n) is 3.03. The first-order chi connectivity index (χ1) is 12.8. The van der Waals surface area contributed by atoms with Gasteiger partial charge in [-0.15, -0.1) is 0 Å². The van der Waals surface area contributed by atoms with E-state index in [2.05, 4.69) is 9.97 Å². The van der Waals surface area contributed by atoms with Crippen LogP contribution in [0.25, 0.3) is 0 Å². The Kier molecular flexibility index (Phi) is 5.56. The number of methoxy groups -OCH3 is 1. The summed E-state index contributed by atoms with van der Waals surface area (Å²) >= 11 is 0. The second-order valence-electron chi connectivity index (χ2n) is 6.21. The molecule has 0 radical (unpaired) electrons. The Balaban J connectivity index is 1.80. The number of H-pyrrole nitrogens is 1. The van der Waals surface area contributed by atoms with Gasteiger partial charge in [0, 0.05) is 26.2 Å². The molecular weight excluding hydrogens is 392 g/mol. The number of hydrogen-bond acceptors (Lipinski definition) is 6. The van der Waals surface area contributed by atoms with Crippen molar-refractivity contribution in [2.75, 3.05) is 33.3 Å². The topological polar surface area (TPSA) is 113 Å². The molecule has 0 atom stereocenters. The summed E-state index contributed by atoms with van der Waals surface area (Å²) in [5.74, 6) is 0.613. The molecule has 0 bridgehead atoms. The van der Waals surface area contributed by atoms with Crippen LogP contribution in [0.5, 0.6) is 5.75 Å². The lowest BCUT2D eigenvalue weighted by molar-refractivity contribution is 0.402. The second-order valence-corrected chi connectivity index (χ2v) is 10.1. The van der Waals surface area contributed by atoms with Gasteiger partial charge in [0.25, 0.3) is 10.0 Å². The fourth-order valence-corrected chi connectivity index (χ4v) is 5.96. The third-order valence-electron chi connectivity index (χ3n) is 4.51. The Labute approximate surface area is 159 Å². The molecule has 2 heterocycles. The average molecular weight is 415 g/mol. The summed E-state index contributed by atoms with van der Waals surface area (Å²) < 4.78 is 59.0. The zero-order chi connectivity index (χ0) is 19.7. The molecule has 1 aliphatic heterocycles. The fraction of sp³-hybridized carbons (Fsp3) is 0.438. The molecule has 0 aliphatic carbocycles. The Morgan fingerprint density at radius 2 is 1.70 bits per heavy atom. The molecule has 0 saturated carbocycles. The van der Waals surface area contributed by atoms with Crippen LogP contribution >= 0.6 is 0 Å². The first-order valence-corrected chi connectivity index (χ1v) is 11.3. The molecule has 3 rings (SSSR count). The highest BCUT2D eigenvalue weighted by molar-refractivity contribution is 7.89. The highest BCUT2D eigenvalue weighted by Crippen LogP contribution is 2.25. The minimum absolute atomic E-state index is 0.00425. The molecule has 1 fully saturated rings. The van der Waals surface area contributed by atoms with E-state index in [1.54, 1.807) is 19.1 Å². The van der Waals surface area contributed by atoms with Crippen molar-refractivity contribution in [2.45, 2.75) is 23.3 Å². The summed E-state index contributed by atoms with van der Waals surface area (Å²) in [6.45, 7) is 2.44. The SMILES string of the molecule is COc1ccc(S(=O)(=O)N2CCCN(S(=O)(=O)c3cnc[nH]3)CC2)cc1C. The van der Waals surface area contributed by atoms with Crippen molar-refractivity contribution in [3.63, 3.8) is 0 Å². The number of benzene rings is 1. The average Bonchev–Trinajstić information content (AvgIpc) is 3.06. The van der Waals surface area contributed by atoms with Gasteiger partial charge in [0.05, 0.1) is 24.5 Å². The third-order valence-corrected chi connectivity index (χ3v) is 8.23. The van der Waals surface area contributed by atoms with Gasteiger partial charge in [-0.05, 0) is 37.1 Å². The van der Waals surface area contributed by atoms with Crippen molar-refractivity contribution in [3.05, 3.63) is 36.3 Å². The second kappa shape index (κ2) is 7.58.